The minimum absolute atomic E-state index is 0.218. The molecule has 4 rings (SSSR count). The number of benzene rings is 2. The number of rotatable bonds is 6. The van der Waals surface area contributed by atoms with Crippen molar-refractivity contribution in [3.63, 3.8) is 0 Å². The highest BCUT2D eigenvalue weighted by Gasteiger charge is 2.39. The van der Waals surface area contributed by atoms with Crippen molar-refractivity contribution in [2.24, 2.45) is 11.3 Å². The standard InChI is InChI=1S/C27H36FNO3/c1-27(2,3)16-20-17-29-11-9-19-13-26(32-12-10-18-5-7-21(28)8-6-18)25(31-4)14-22(19)23(29)15-24(20)30/h5-8,13-14,20,23-24,30H,9-12,15-17H2,1-4H3/t20-,23-,24-/m1/s1. The Labute approximate surface area is 191 Å². The van der Waals surface area contributed by atoms with Gasteiger partial charge in [-0.25, -0.2) is 4.39 Å². The van der Waals surface area contributed by atoms with Gasteiger partial charge in [-0.3, -0.25) is 4.90 Å². The molecule has 2 aliphatic heterocycles. The molecule has 0 spiro atoms. The van der Waals surface area contributed by atoms with Gasteiger partial charge in [-0.15, -0.1) is 0 Å². The van der Waals surface area contributed by atoms with Crippen LogP contribution in [0.5, 0.6) is 11.5 Å². The second kappa shape index (κ2) is 9.40. The maximum atomic E-state index is 13.1. The van der Waals surface area contributed by atoms with Gasteiger partial charge in [0.1, 0.15) is 5.82 Å². The van der Waals surface area contributed by atoms with Gasteiger partial charge < -0.3 is 14.6 Å². The minimum Gasteiger partial charge on any atom is -0.493 e. The quantitative estimate of drug-likeness (QED) is 0.671. The SMILES string of the molecule is COc1cc2c(cc1OCCc1ccc(F)cc1)CCN1C[C@@H](CC(C)(C)C)[C@H](O)C[C@H]21. The molecule has 0 aromatic heterocycles. The zero-order valence-corrected chi connectivity index (χ0v) is 19.7. The predicted molar refractivity (Wildman–Crippen MR) is 125 cm³/mol. The molecule has 0 aliphatic carbocycles. The highest BCUT2D eigenvalue weighted by molar-refractivity contribution is 5.49. The van der Waals surface area contributed by atoms with Crippen molar-refractivity contribution < 1.29 is 19.0 Å². The molecule has 0 radical (unpaired) electrons. The van der Waals surface area contributed by atoms with Gasteiger partial charge in [0, 0.05) is 25.6 Å². The summed E-state index contributed by atoms with van der Waals surface area (Å²) in [5, 5.41) is 10.9. The Morgan fingerprint density at radius 2 is 1.88 bits per heavy atom. The zero-order valence-electron chi connectivity index (χ0n) is 19.7. The number of hydrogen-bond donors (Lipinski definition) is 1. The fraction of sp³-hybridized carbons (Fsp3) is 0.556. The number of aliphatic hydroxyl groups excluding tert-OH is 1. The third kappa shape index (κ3) is 5.26. The fourth-order valence-corrected chi connectivity index (χ4v) is 5.29. The van der Waals surface area contributed by atoms with Crippen molar-refractivity contribution in [2.45, 2.75) is 58.6 Å². The number of piperidine rings is 1. The lowest BCUT2D eigenvalue weighted by atomic mass is 9.75. The Hall–Kier alpha value is -2.11. The number of methoxy groups -OCH3 is 1. The molecular formula is C27H36FNO3. The lowest BCUT2D eigenvalue weighted by molar-refractivity contribution is -0.0259. The molecule has 2 heterocycles. The van der Waals surface area contributed by atoms with E-state index in [1.54, 1.807) is 19.2 Å². The van der Waals surface area contributed by atoms with Crippen LogP contribution in [0.25, 0.3) is 0 Å². The number of ether oxygens (including phenoxy) is 2. The summed E-state index contributed by atoms with van der Waals surface area (Å²) in [5.41, 5.74) is 3.80. The van der Waals surface area contributed by atoms with E-state index < -0.39 is 0 Å². The predicted octanol–water partition coefficient (Wildman–Crippen LogP) is 5.17. The van der Waals surface area contributed by atoms with E-state index in [1.165, 1.54) is 23.3 Å². The summed E-state index contributed by atoms with van der Waals surface area (Å²) in [6.45, 7) is 9.20. The van der Waals surface area contributed by atoms with E-state index in [4.69, 9.17) is 9.47 Å². The Morgan fingerprint density at radius 1 is 1.12 bits per heavy atom. The van der Waals surface area contributed by atoms with Gasteiger partial charge in [-0.2, -0.15) is 0 Å². The fourth-order valence-electron chi connectivity index (χ4n) is 5.29. The monoisotopic (exact) mass is 441 g/mol. The summed E-state index contributed by atoms with van der Waals surface area (Å²) < 4.78 is 24.8. The highest BCUT2D eigenvalue weighted by Crippen LogP contribution is 2.44. The van der Waals surface area contributed by atoms with Crippen LogP contribution in [0.3, 0.4) is 0 Å². The number of fused-ring (bicyclic) bond motifs is 3. The van der Waals surface area contributed by atoms with Gasteiger partial charge in [0.15, 0.2) is 11.5 Å². The van der Waals surface area contributed by atoms with E-state index >= 15 is 0 Å². The van der Waals surface area contributed by atoms with Crippen LogP contribution in [0.15, 0.2) is 36.4 Å². The Kier molecular flexibility index (Phi) is 6.78. The van der Waals surface area contributed by atoms with Crippen LogP contribution >= 0.6 is 0 Å². The Bertz CT molecular complexity index is 922. The molecule has 3 atom stereocenters. The second-order valence-electron chi connectivity index (χ2n) is 10.5. The average molecular weight is 442 g/mol. The Morgan fingerprint density at radius 3 is 2.56 bits per heavy atom. The topological polar surface area (TPSA) is 41.9 Å². The Balaban J connectivity index is 1.47. The van der Waals surface area contributed by atoms with Crippen LogP contribution in [0.2, 0.25) is 0 Å². The molecule has 2 aliphatic rings. The molecule has 1 saturated heterocycles. The van der Waals surface area contributed by atoms with Gasteiger partial charge in [-0.1, -0.05) is 32.9 Å². The first-order valence-corrected chi connectivity index (χ1v) is 11.7. The molecule has 0 saturated carbocycles. The van der Waals surface area contributed by atoms with E-state index in [-0.39, 0.29) is 23.4 Å². The first-order valence-electron chi connectivity index (χ1n) is 11.7. The van der Waals surface area contributed by atoms with Crippen molar-refractivity contribution in [3.05, 3.63) is 58.9 Å². The summed E-state index contributed by atoms with van der Waals surface area (Å²) in [6.07, 6.45) is 3.20. The van der Waals surface area contributed by atoms with Crippen LogP contribution < -0.4 is 9.47 Å². The molecular weight excluding hydrogens is 405 g/mol. The smallest absolute Gasteiger partial charge is 0.161 e. The second-order valence-corrected chi connectivity index (χ2v) is 10.5. The molecule has 1 fully saturated rings. The van der Waals surface area contributed by atoms with Crippen LogP contribution in [0.1, 0.15) is 56.3 Å². The molecule has 0 bridgehead atoms. The zero-order chi connectivity index (χ0) is 22.9. The van der Waals surface area contributed by atoms with Crippen LogP contribution in [-0.2, 0) is 12.8 Å². The van der Waals surface area contributed by atoms with E-state index in [9.17, 15) is 9.50 Å². The molecule has 1 N–H and O–H groups in total. The van der Waals surface area contributed by atoms with E-state index in [1.807, 2.05) is 0 Å². The molecule has 2 aromatic carbocycles. The van der Waals surface area contributed by atoms with Crippen LogP contribution in [-0.4, -0.2) is 42.9 Å². The van der Waals surface area contributed by atoms with Crippen molar-refractivity contribution >= 4 is 0 Å². The number of nitrogens with zero attached hydrogens (tertiary/aromatic N) is 1. The number of aliphatic hydroxyl groups is 1. The lowest BCUT2D eigenvalue weighted by Crippen LogP contribution is -2.48. The maximum Gasteiger partial charge on any atom is 0.161 e. The molecule has 4 nitrogen and oxygen atoms in total. The molecule has 0 unspecified atom stereocenters. The normalized spacial score (nSPS) is 23.4. The van der Waals surface area contributed by atoms with Crippen molar-refractivity contribution in [1.82, 2.24) is 4.90 Å². The van der Waals surface area contributed by atoms with Crippen LogP contribution in [0, 0.1) is 17.2 Å². The number of hydrogen-bond acceptors (Lipinski definition) is 4. The molecule has 5 heteroatoms. The van der Waals surface area contributed by atoms with Gasteiger partial charge in [0.05, 0.1) is 19.8 Å². The minimum atomic E-state index is -0.279. The molecule has 0 amide bonds. The van der Waals surface area contributed by atoms with Crippen molar-refractivity contribution in [3.8, 4) is 11.5 Å². The largest absolute Gasteiger partial charge is 0.493 e. The van der Waals surface area contributed by atoms with Crippen LogP contribution in [0.4, 0.5) is 4.39 Å². The summed E-state index contributed by atoms with van der Waals surface area (Å²) in [5.74, 6) is 1.58. The van der Waals surface area contributed by atoms with E-state index in [0.717, 1.165) is 49.4 Å². The summed E-state index contributed by atoms with van der Waals surface area (Å²) in [7, 11) is 1.67. The first-order chi connectivity index (χ1) is 15.2. The maximum absolute atomic E-state index is 13.1. The molecule has 32 heavy (non-hydrogen) atoms. The first kappa shape index (κ1) is 23.1. The highest BCUT2D eigenvalue weighted by atomic mass is 19.1. The summed E-state index contributed by atoms with van der Waals surface area (Å²) in [4.78, 5) is 2.54. The van der Waals surface area contributed by atoms with Gasteiger partial charge in [0.2, 0.25) is 0 Å². The van der Waals surface area contributed by atoms with Gasteiger partial charge >= 0.3 is 0 Å². The van der Waals surface area contributed by atoms with Crippen molar-refractivity contribution in [2.75, 3.05) is 26.8 Å². The van der Waals surface area contributed by atoms with Crippen molar-refractivity contribution in [1.29, 1.82) is 0 Å². The van der Waals surface area contributed by atoms with E-state index in [2.05, 4.69) is 37.8 Å². The summed E-state index contributed by atoms with van der Waals surface area (Å²) in [6, 6.07) is 11.0. The molecule has 174 valence electrons. The van der Waals surface area contributed by atoms with E-state index in [0.29, 0.717) is 18.9 Å². The number of halogens is 1. The molecule has 2 aromatic rings. The third-order valence-electron chi connectivity index (χ3n) is 6.81. The van der Waals surface area contributed by atoms with Gasteiger partial charge in [-0.05, 0) is 71.6 Å². The summed E-state index contributed by atoms with van der Waals surface area (Å²) >= 11 is 0. The third-order valence-corrected chi connectivity index (χ3v) is 6.81. The lowest BCUT2D eigenvalue weighted by Gasteiger charge is -2.47. The average Bonchev–Trinajstić information content (AvgIpc) is 2.74. The van der Waals surface area contributed by atoms with Gasteiger partial charge in [0.25, 0.3) is 0 Å².